The number of sulfonamides is 1. The molecular weight excluding hydrogens is 359 g/mol. The van der Waals surface area contributed by atoms with Crippen molar-refractivity contribution in [2.24, 2.45) is 0 Å². The minimum Gasteiger partial charge on any atom is -0.478 e. The van der Waals surface area contributed by atoms with Gasteiger partial charge >= 0.3 is 0 Å². The van der Waals surface area contributed by atoms with E-state index in [0.717, 1.165) is 0 Å². The van der Waals surface area contributed by atoms with E-state index in [1.165, 1.54) is 49.4 Å². The van der Waals surface area contributed by atoms with Gasteiger partial charge in [0, 0.05) is 5.02 Å². The van der Waals surface area contributed by atoms with Gasteiger partial charge in [0.25, 0.3) is 15.9 Å². The Labute approximate surface area is 143 Å². The lowest BCUT2D eigenvalue weighted by Gasteiger charge is -2.15. The second kappa shape index (κ2) is 7.61. The van der Waals surface area contributed by atoms with Crippen LogP contribution in [-0.4, -0.2) is 20.4 Å². The molecule has 0 heterocycles. The highest BCUT2D eigenvalue weighted by molar-refractivity contribution is 7.89. The van der Waals surface area contributed by atoms with Gasteiger partial charge in [0.1, 0.15) is 0 Å². The molecule has 0 fully saturated rings. The minimum absolute atomic E-state index is 0.113. The van der Waals surface area contributed by atoms with Crippen LogP contribution in [0.4, 0.5) is 4.39 Å². The van der Waals surface area contributed by atoms with E-state index in [1.807, 2.05) is 10.3 Å². The van der Waals surface area contributed by atoms with Crippen molar-refractivity contribution in [1.82, 2.24) is 10.3 Å². The van der Waals surface area contributed by atoms with Crippen molar-refractivity contribution in [3.8, 4) is 5.75 Å². The Kier molecular flexibility index (Phi) is 5.76. The molecule has 2 rings (SSSR count). The molecule has 24 heavy (non-hydrogen) atoms. The van der Waals surface area contributed by atoms with E-state index in [4.69, 9.17) is 16.3 Å². The van der Waals surface area contributed by atoms with Gasteiger partial charge in [0.15, 0.2) is 17.7 Å². The predicted octanol–water partition coefficient (Wildman–Crippen LogP) is 2.26. The van der Waals surface area contributed by atoms with E-state index >= 15 is 0 Å². The summed E-state index contributed by atoms with van der Waals surface area (Å²) in [6, 6.07) is 11.1. The first kappa shape index (κ1) is 18.2. The Morgan fingerprint density at radius 3 is 2.58 bits per heavy atom. The second-order valence-electron chi connectivity index (χ2n) is 4.74. The molecule has 2 aromatic carbocycles. The summed E-state index contributed by atoms with van der Waals surface area (Å²) in [7, 11) is -3.99. The lowest BCUT2D eigenvalue weighted by atomic mass is 10.3. The van der Waals surface area contributed by atoms with Gasteiger partial charge in [0.2, 0.25) is 0 Å². The van der Waals surface area contributed by atoms with Crippen LogP contribution in [0.5, 0.6) is 5.75 Å². The first-order valence-electron chi connectivity index (χ1n) is 6.78. The van der Waals surface area contributed by atoms with Crippen LogP contribution in [0.1, 0.15) is 6.92 Å². The van der Waals surface area contributed by atoms with Crippen LogP contribution in [0.15, 0.2) is 53.4 Å². The van der Waals surface area contributed by atoms with Crippen molar-refractivity contribution in [3.05, 3.63) is 59.4 Å². The number of halogens is 2. The average molecular weight is 373 g/mol. The van der Waals surface area contributed by atoms with Gasteiger partial charge in [-0.2, -0.15) is 0 Å². The molecule has 2 aromatic rings. The average Bonchev–Trinajstić information content (AvgIpc) is 2.54. The zero-order valence-corrected chi connectivity index (χ0v) is 14.1. The number of para-hydroxylation sites is 1. The summed E-state index contributed by atoms with van der Waals surface area (Å²) in [6.07, 6.45) is -1.12. The Morgan fingerprint density at radius 2 is 1.92 bits per heavy atom. The molecular formula is C15H14ClFN2O4S. The van der Waals surface area contributed by atoms with E-state index in [9.17, 15) is 17.6 Å². The molecule has 0 bridgehead atoms. The molecule has 0 aromatic heterocycles. The summed E-state index contributed by atoms with van der Waals surface area (Å²) in [5.74, 6) is -1.53. The number of hydrogen-bond acceptors (Lipinski definition) is 4. The fourth-order valence-electron chi connectivity index (χ4n) is 1.70. The third-order valence-corrected chi connectivity index (χ3v) is 4.41. The van der Waals surface area contributed by atoms with Crippen LogP contribution in [0.2, 0.25) is 5.02 Å². The standard InChI is InChI=1S/C15H14ClFN2O4S/c1-10(23-14-8-3-2-7-13(14)17)15(20)18-19-24(21,22)12-6-4-5-11(16)9-12/h2-10,19H,1H3,(H,18,20). The maximum absolute atomic E-state index is 13.5. The highest BCUT2D eigenvalue weighted by Crippen LogP contribution is 2.17. The first-order chi connectivity index (χ1) is 11.3. The molecule has 0 radical (unpaired) electrons. The minimum atomic E-state index is -3.99. The van der Waals surface area contributed by atoms with Crippen molar-refractivity contribution in [2.45, 2.75) is 17.9 Å². The Hall–Kier alpha value is -2.16. The van der Waals surface area contributed by atoms with Gasteiger partial charge in [-0.3, -0.25) is 10.2 Å². The number of hydrazine groups is 1. The molecule has 9 heteroatoms. The van der Waals surface area contributed by atoms with Crippen molar-refractivity contribution in [3.63, 3.8) is 0 Å². The summed E-state index contributed by atoms with van der Waals surface area (Å²) in [6.45, 7) is 1.36. The van der Waals surface area contributed by atoms with Crippen molar-refractivity contribution in [2.75, 3.05) is 0 Å². The van der Waals surface area contributed by atoms with Gasteiger partial charge in [0.05, 0.1) is 4.90 Å². The maximum Gasteiger partial charge on any atom is 0.275 e. The smallest absolute Gasteiger partial charge is 0.275 e. The fourth-order valence-corrected chi connectivity index (χ4v) is 2.84. The van der Waals surface area contributed by atoms with Crippen LogP contribution < -0.4 is 15.0 Å². The zero-order chi connectivity index (χ0) is 17.7. The van der Waals surface area contributed by atoms with Crippen LogP contribution in [0, 0.1) is 5.82 Å². The monoisotopic (exact) mass is 372 g/mol. The molecule has 1 unspecified atom stereocenters. The van der Waals surface area contributed by atoms with Gasteiger partial charge in [-0.15, -0.1) is 4.83 Å². The molecule has 6 nitrogen and oxygen atoms in total. The Morgan fingerprint density at radius 1 is 1.21 bits per heavy atom. The SMILES string of the molecule is CC(Oc1ccccc1F)C(=O)NNS(=O)(=O)c1cccc(Cl)c1. The quantitative estimate of drug-likeness (QED) is 0.762. The number of ether oxygens (including phenoxy) is 1. The summed E-state index contributed by atoms with van der Waals surface area (Å²) < 4.78 is 42.7. The summed E-state index contributed by atoms with van der Waals surface area (Å²) in [4.78, 5) is 13.7. The van der Waals surface area contributed by atoms with Crippen molar-refractivity contribution < 1.29 is 22.3 Å². The largest absolute Gasteiger partial charge is 0.478 e. The summed E-state index contributed by atoms with van der Waals surface area (Å²) in [5, 5.41) is 0.237. The van der Waals surface area contributed by atoms with E-state index < -0.39 is 27.9 Å². The molecule has 0 aliphatic heterocycles. The summed E-state index contributed by atoms with van der Waals surface area (Å²) in [5.41, 5.74) is 2.01. The zero-order valence-electron chi connectivity index (χ0n) is 12.5. The van der Waals surface area contributed by atoms with E-state index in [-0.39, 0.29) is 15.7 Å². The number of hydrogen-bond donors (Lipinski definition) is 2. The van der Waals surface area contributed by atoms with Crippen LogP contribution in [0.3, 0.4) is 0 Å². The number of rotatable bonds is 6. The molecule has 0 aliphatic rings. The normalized spacial score (nSPS) is 12.5. The highest BCUT2D eigenvalue weighted by atomic mass is 35.5. The van der Waals surface area contributed by atoms with Gasteiger partial charge in [-0.05, 0) is 37.3 Å². The first-order valence-corrected chi connectivity index (χ1v) is 8.64. The van der Waals surface area contributed by atoms with Crippen LogP contribution >= 0.6 is 11.6 Å². The number of carbonyl (C=O) groups excluding carboxylic acids is 1. The molecule has 0 saturated carbocycles. The lowest BCUT2D eigenvalue weighted by molar-refractivity contribution is -0.127. The van der Waals surface area contributed by atoms with Crippen molar-refractivity contribution in [1.29, 1.82) is 0 Å². The summed E-state index contributed by atoms with van der Waals surface area (Å²) >= 11 is 5.73. The van der Waals surface area contributed by atoms with Crippen molar-refractivity contribution >= 4 is 27.5 Å². The van der Waals surface area contributed by atoms with E-state index in [0.29, 0.717) is 0 Å². The topological polar surface area (TPSA) is 84.5 Å². The highest BCUT2D eigenvalue weighted by Gasteiger charge is 2.20. The van der Waals surface area contributed by atoms with E-state index in [2.05, 4.69) is 0 Å². The number of nitrogens with one attached hydrogen (secondary N) is 2. The molecule has 128 valence electrons. The Balaban J connectivity index is 1.98. The predicted molar refractivity (Wildman–Crippen MR) is 86.4 cm³/mol. The molecule has 0 spiro atoms. The third-order valence-electron chi connectivity index (χ3n) is 2.92. The number of benzene rings is 2. The third kappa shape index (κ3) is 4.67. The number of carbonyl (C=O) groups is 1. The second-order valence-corrected chi connectivity index (χ2v) is 6.86. The van der Waals surface area contributed by atoms with Gasteiger partial charge < -0.3 is 4.74 Å². The lowest BCUT2D eigenvalue weighted by Crippen LogP contribution is -2.47. The fraction of sp³-hybridized carbons (Fsp3) is 0.133. The molecule has 2 N–H and O–H groups in total. The molecule has 1 atom stereocenters. The molecule has 0 saturated heterocycles. The maximum atomic E-state index is 13.5. The van der Waals surface area contributed by atoms with Gasteiger partial charge in [-0.25, -0.2) is 12.8 Å². The Bertz CT molecular complexity index is 845. The van der Waals surface area contributed by atoms with E-state index in [1.54, 1.807) is 6.07 Å². The van der Waals surface area contributed by atoms with Gasteiger partial charge in [-0.1, -0.05) is 29.8 Å². The molecule has 1 amide bonds. The van der Waals surface area contributed by atoms with Crippen LogP contribution in [-0.2, 0) is 14.8 Å². The molecule has 0 aliphatic carbocycles. The van der Waals surface area contributed by atoms with Crippen LogP contribution in [0.25, 0.3) is 0 Å². The number of amides is 1.